The zero-order valence-corrected chi connectivity index (χ0v) is 15.5. The summed E-state index contributed by atoms with van der Waals surface area (Å²) in [6.07, 6.45) is 1.95. The van der Waals surface area contributed by atoms with Crippen LogP contribution in [0.25, 0.3) is 0 Å². The molecule has 2 N–H and O–H groups in total. The molecule has 1 aromatic rings. The van der Waals surface area contributed by atoms with E-state index in [1.54, 1.807) is 11.8 Å². The Labute approximate surface area is 157 Å². The number of carboxylic acid groups (broad SMARTS) is 1. The summed E-state index contributed by atoms with van der Waals surface area (Å²) in [4.78, 5) is 38.7. The number of aromatic carboxylic acids is 1. The van der Waals surface area contributed by atoms with E-state index < -0.39 is 5.97 Å². The number of rotatable bonds is 5. The van der Waals surface area contributed by atoms with Crippen LogP contribution in [0.3, 0.4) is 0 Å². The molecule has 0 saturated carbocycles. The fraction of sp³-hybridized carbons (Fsp3) is 0.667. The number of carboxylic acids is 1. The standard InChI is InChI=1S/C18H26N4O5/c1-12(23)21-4-6-22(7-5-21)17(24)9-13-2-3-19-11-14(13)8-15-10-16(18(25)26)27-20-15/h10,13-14,19H,2-9,11H2,1H3,(H,25,26)/t13-,14+/m1/s1. The van der Waals surface area contributed by atoms with Crippen molar-refractivity contribution in [3.63, 3.8) is 0 Å². The van der Waals surface area contributed by atoms with Crippen LogP contribution in [0, 0.1) is 11.8 Å². The molecule has 2 aliphatic heterocycles. The lowest BCUT2D eigenvalue weighted by molar-refractivity contribution is -0.139. The average molecular weight is 378 g/mol. The van der Waals surface area contributed by atoms with Gasteiger partial charge in [-0.25, -0.2) is 4.79 Å². The highest BCUT2D eigenvalue weighted by Crippen LogP contribution is 2.27. The highest BCUT2D eigenvalue weighted by molar-refractivity contribution is 5.84. The first-order valence-corrected chi connectivity index (χ1v) is 9.37. The van der Waals surface area contributed by atoms with Gasteiger partial charge >= 0.3 is 5.97 Å². The van der Waals surface area contributed by atoms with Gasteiger partial charge in [0.15, 0.2) is 0 Å². The number of carbonyl (C=O) groups excluding carboxylic acids is 2. The van der Waals surface area contributed by atoms with Gasteiger partial charge in [-0.1, -0.05) is 5.16 Å². The smallest absolute Gasteiger partial charge is 0.374 e. The Morgan fingerprint density at radius 3 is 2.56 bits per heavy atom. The Balaban J connectivity index is 1.56. The summed E-state index contributed by atoms with van der Waals surface area (Å²) in [6, 6.07) is 1.46. The van der Waals surface area contributed by atoms with Crippen LogP contribution in [-0.2, 0) is 16.0 Å². The van der Waals surface area contributed by atoms with E-state index in [-0.39, 0.29) is 29.4 Å². The SMILES string of the molecule is CC(=O)N1CCN(C(=O)C[C@H]2CCNC[C@@H]2Cc2cc(C(=O)O)on2)CC1. The van der Waals surface area contributed by atoms with Crippen LogP contribution in [0.4, 0.5) is 0 Å². The predicted octanol–water partition coefficient (Wildman–Crippen LogP) is 0.222. The van der Waals surface area contributed by atoms with Crippen molar-refractivity contribution in [1.82, 2.24) is 20.3 Å². The molecule has 9 nitrogen and oxygen atoms in total. The molecule has 3 rings (SSSR count). The maximum absolute atomic E-state index is 12.7. The molecule has 148 valence electrons. The zero-order valence-electron chi connectivity index (χ0n) is 15.5. The summed E-state index contributed by atoms with van der Waals surface area (Å²) in [6.45, 7) is 5.54. The van der Waals surface area contributed by atoms with Crippen LogP contribution < -0.4 is 5.32 Å². The number of piperidine rings is 1. The van der Waals surface area contributed by atoms with Gasteiger partial charge in [-0.15, -0.1) is 0 Å². The molecule has 2 atom stereocenters. The Morgan fingerprint density at radius 1 is 1.22 bits per heavy atom. The van der Waals surface area contributed by atoms with Crippen molar-refractivity contribution in [2.24, 2.45) is 11.8 Å². The minimum Gasteiger partial charge on any atom is -0.475 e. The number of hydrogen-bond donors (Lipinski definition) is 2. The summed E-state index contributed by atoms with van der Waals surface area (Å²) >= 11 is 0. The molecule has 1 aromatic heterocycles. The first-order chi connectivity index (χ1) is 12.9. The third-order valence-electron chi connectivity index (χ3n) is 5.52. The molecule has 0 spiro atoms. The zero-order chi connectivity index (χ0) is 19.4. The minimum atomic E-state index is -1.13. The van der Waals surface area contributed by atoms with Gasteiger partial charge in [-0.05, 0) is 37.8 Å². The lowest BCUT2D eigenvalue weighted by atomic mass is 9.81. The van der Waals surface area contributed by atoms with Gasteiger partial charge in [-0.2, -0.15) is 0 Å². The lowest BCUT2D eigenvalue weighted by Gasteiger charge is -2.37. The van der Waals surface area contributed by atoms with Crippen molar-refractivity contribution in [2.45, 2.75) is 26.2 Å². The van der Waals surface area contributed by atoms with Gasteiger partial charge < -0.3 is 24.7 Å². The fourth-order valence-corrected chi connectivity index (χ4v) is 3.89. The molecule has 0 aromatic carbocycles. The molecule has 2 saturated heterocycles. The van der Waals surface area contributed by atoms with Crippen LogP contribution in [0.15, 0.2) is 10.6 Å². The Hall–Kier alpha value is -2.42. The average Bonchev–Trinajstić information content (AvgIpc) is 3.12. The Bertz CT molecular complexity index is 696. The molecular weight excluding hydrogens is 352 g/mol. The van der Waals surface area contributed by atoms with E-state index in [0.717, 1.165) is 19.5 Å². The van der Waals surface area contributed by atoms with E-state index in [1.165, 1.54) is 6.07 Å². The van der Waals surface area contributed by atoms with Gasteiger partial charge in [-0.3, -0.25) is 9.59 Å². The van der Waals surface area contributed by atoms with E-state index in [2.05, 4.69) is 10.5 Å². The van der Waals surface area contributed by atoms with Crippen molar-refractivity contribution in [1.29, 1.82) is 0 Å². The van der Waals surface area contributed by atoms with Crippen molar-refractivity contribution in [3.8, 4) is 0 Å². The number of hydrogen-bond acceptors (Lipinski definition) is 6. The summed E-state index contributed by atoms with van der Waals surface area (Å²) in [5, 5.41) is 16.1. The lowest BCUT2D eigenvalue weighted by Crippen LogP contribution is -2.51. The topological polar surface area (TPSA) is 116 Å². The molecule has 3 heterocycles. The van der Waals surface area contributed by atoms with Gasteiger partial charge in [0, 0.05) is 45.6 Å². The van der Waals surface area contributed by atoms with Crippen molar-refractivity contribution in [2.75, 3.05) is 39.3 Å². The van der Waals surface area contributed by atoms with Crippen LogP contribution >= 0.6 is 0 Å². The molecule has 0 aliphatic carbocycles. The second kappa shape index (κ2) is 8.51. The van der Waals surface area contributed by atoms with E-state index >= 15 is 0 Å². The number of aromatic nitrogens is 1. The highest BCUT2D eigenvalue weighted by atomic mass is 16.5. The summed E-state index contributed by atoms with van der Waals surface area (Å²) in [7, 11) is 0. The van der Waals surface area contributed by atoms with Gasteiger partial charge in [0.1, 0.15) is 0 Å². The van der Waals surface area contributed by atoms with Gasteiger partial charge in [0.25, 0.3) is 0 Å². The number of nitrogens with zero attached hydrogens (tertiary/aromatic N) is 3. The molecule has 27 heavy (non-hydrogen) atoms. The van der Waals surface area contributed by atoms with Gasteiger partial charge in [0.05, 0.1) is 5.69 Å². The maximum atomic E-state index is 12.7. The van der Waals surface area contributed by atoms with E-state index in [0.29, 0.717) is 44.7 Å². The minimum absolute atomic E-state index is 0.0499. The third-order valence-corrected chi connectivity index (χ3v) is 5.52. The van der Waals surface area contributed by atoms with Crippen LogP contribution in [0.2, 0.25) is 0 Å². The van der Waals surface area contributed by atoms with Crippen molar-refractivity contribution in [3.05, 3.63) is 17.5 Å². The second-order valence-corrected chi connectivity index (χ2v) is 7.30. The first kappa shape index (κ1) is 19.3. The van der Waals surface area contributed by atoms with E-state index in [4.69, 9.17) is 9.63 Å². The van der Waals surface area contributed by atoms with Crippen molar-refractivity contribution >= 4 is 17.8 Å². The van der Waals surface area contributed by atoms with E-state index in [9.17, 15) is 14.4 Å². The molecule has 0 radical (unpaired) electrons. The summed E-state index contributed by atoms with van der Waals surface area (Å²) < 4.78 is 4.83. The van der Waals surface area contributed by atoms with Crippen LogP contribution in [0.1, 0.15) is 36.0 Å². The molecule has 0 bridgehead atoms. The Kier molecular flexibility index (Phi) is 6.10. The molecule has 2 fully saturated rings. The quantitative estimate of drug-likeness (QED) is 0.753. The van der Waals surface area contributed by atoms with E-state index in [1.807, 2.05) is 4.90 Å². The van der Waals surface area contributed by atoms with Crippen LogP contribution in [0.5, 0.6) is 0 Å². The van der Waals surface area contributed by atoms with Crippen LogP contribution in [-0.4, -0.2) is 77.1 Å². The van der Waals surface area contributed by atoms with Crippen molar-refractivity contribution < 1.29 is 24.0 Å². The number of amides is 2. The number of carbonyl (C=O) groups is 3. The van der Waals surface area contributed by atoms with Gasteiger partial charge in [0.2, 0.25) is 17.6 Å². The highest BCUT2D eigenvalue weighted by Gasteiger charge is 2.31. The first-order valence-electron chi connectivity index (χ1n) is 9.37. The Morgan fingerprint density at radius 2 is 1.93 bits per heavy atom. The molecular formula is C18H26N4O5. The normalized spacial score (nSPS) is 23.3. The second-order valence-electron chi connectivity index (χ2n) is 7.30. The maximum Gasteiger partial charge on any atom is 0.374 e. The summed E-state index contributed by atoms with van der Waals surface area (Å²) in [5.41, 5.74) is 0.605. The molecule has 9 heteroatoms. The third kappa shape index (κ3) is 4.85. The number of nitrogens with one attached hydrogen (secondary N) is 1. The number of piperazine rings is 1. The fourth-order valence-electron chi connectivity index (χ4n) is 3.89. The molecule has 2 amide bonds. The largest absolute Gasteiger partial charge is 0.475 e. The molecule has 2 aliphatic rings. The summed E-state index contributed by atoms with van der Waals surface area (Å²) in [5.74, 6) is -0.699. The molecule has 0 unspecified atom stereocenters. The predicted molar refractivity (Wildman–Crippen MR) is 95.1 cm³/mol. The monoisotopic (exact) mass is 378 g/mol.